The molecule has 0 saturated heterocycles. The number of hydrogen-bond acceptors (Lipinski definition) is 5. The third-order valence-corrected chi connectivity index (χ3v) is 6.04. The summed E-state index contributed by atoms with van der Waals surface area (Å²) in [5.74, 6) is 3.60. The molecule has 0 aromatic heterocycles. The lowest BCUT2D eigenvalue weighted by molar-refractivity contribution is 0.136. The number of methoxy groups -OCH3 is 4. The fourth-order valence-corrected chi connectivity index (χ4v) is 4.76. The predicted octanol–water partition coefficient (Wildman–Crippen LogP) is 3.94. The van der Waals surface area contributed by atoms with E-state index < -0.39 is 0 Å². The first-order chi connectivity index (χ1) is 13.1. The number of ether oxygens (including phenoxy) is 4. The Morgan fingerprint density at radius 2 is 1.56 bits per heavy atom. The number of benzene rings is 2. The Balaban J connectivity index is 1.82. The molecule has 2 atom stereocenters. The molecule has 0 bridgehead atoms. The molecule has 0 spiro atoms. The van der Waals surface area contributed by atoms with Gasteiger partial charge in [0.1, 0.15) is 0 Å². The number of hydrogen-bond donors (Lipinski definition) is 0. The van der Waals surface area contributed by atoms with Crippen LogP contribution in [0, 0.1) is 0 Å². The highest BCUT2D eigenvalue weighted by Crippen LogP contribution is 2.50. The first-order valence-electron chi connectivity index (χ1n) is 9.35. The Kier molecular flexibility index (Phi) is 4.64. The molecule has 144 valence electrons. The fraction of sp³-hybridized carbons (Fsp3) is 0.455. The summed E-state index contributed by atoms with van der Waals surface area (Å²) in [6.45, 7) is 4.17. The van der Waals surface area contributed by atoms with Crippen LogP contribution in [0.4, 0.5) is 0 Å². The largest absolute Gasteiger partial charge is 0.493 e. The Morgan fingerprint density at radius 1 is 0.852 bits per heavy atom. The minimum atomic E-state index is 0.319. The molecule has 5 nitrogen and oxygen atoms in total. The molecule has 0 N–H and O–H groups in total. The lowest BCUT2D eigenvalue weighted by Crippen LogP contribution is -2.41. The Bertz CT molecular complexity index is 864. The van der Waals surface area contributed by atoms with Crippen LogP contribution in [0.3, 0.4) is 0 Å². The van der Waals surface area contributed by atoms with Gasteiger partial charge in [0, 0.05) is 30.6 Å². The van der Waals surface area contributed by atoms with Crippen LogP contribution >= 0.6 is 0 Å². The van der Waals surface area contributed by atoms with Gasteiger partial charge in [-0.05, 0) is 41.3 Å². The normalized spacial score (nSPS) is 20.9. The molecule has 2 aliphatic heterocycles. The SMILES string of the molecule is COc1cc2c(cc1OC)C1C(C)c3ccc(OC)c(OC)c3CN1CC2. The molecule has 0 radical (unpaired) electrons. The summed E-state index contributed by atoms with van der Waals surface area (Å²) in [6, 6.07) is 8.82. The molecule has 2 aliphatic rings. The monoisotopic (exact) mass is 369 g/mol. The molecule has 0 amide bonds. The topological polar surface area (TPSA) is 40.2 Å². The van der Waals surface area contributed by atoms with Crippen LogP contribution in [0.5, 0.6) is 23.0 Å². The standard InChI is InChI=1S/C22H27NO4/c1-13-15-6-7-18(24-2)22(27-5)17(15)12-23-9-8-14-10-19(25-3)20(26-4)11-16(14)21(13)23/h6-7,10-11,13,21H,8-9,12H2,1-5H3. The summed E-state index contributed by atoms with van der Waals surface area (Å²) in [7, 11) is 6.80. The van der Waals surface area contributed by atoms with Gasteiger partial charge in [-0.2, -0.15) is 0 Å². The third kappa shape index (κ3) is 2.72. The van der Waals surface area contributed by atoms with Gasteiger partial charge in [0.25, 0.3) is 0 Å². The molecule has 0 fully saturated rings. The van der Waals surface area contributed by atoms with Gasteiger partial charge in [-0.1, -0.05) is 13.0 Å². The average Bonchev–Trinajstić information content (AvgIpc) is 2.71. The summed E-state index contributed by atoms with van der Waals surface area (Å²) >= 11 is 0. The molecule has 27 heavy (non-hydrogen) atoms. The van der Waals surface area contributed by atoms with Gasteiger partial charge in [-0.3, -0.25) is 4.90 Å². The van der Waals surface area contributed by atoms with Crippen molar-refractivity contribution in [2.45, 2.75) is 31.8 Å². The van der Waals surface area contributed by atoms with Crippen molar-refractivity contribution in [2.24, 2.45) is 0 Å². The first kappa shape index (κ1) is 18.0. The lowest BCUT2D eigenvalue weighted by atomic mass is 9.77. The Morgan fingerprint density at radius 3 is 2.22 bits per heavy atom. The van der Waals surface area contributed by atoms with Crippen molar-refractivity contribution in [3.8, 4) is 23.0 Å². The Hall–Kier alpha value is -2.40. The minimum absolute atomic E-state index is 0.319. The lowest BCUT2D eigenvalue weighted by Gasteiger charge is -2.45. The zero-order valence-electron chi connectivity index (χ0n) is 16.7. The maximum Gasteiger partial charge on any atom is 0.165 e. The van der Waals surface area contributed by atoms with Crippen LogP contribution in [0.15, 0.2) is 24.3 Å². The van der Waals surface area contributed by atoms with E-state index in [1.807, 2.05) is 6.07 Å². The molecular formula is C22H27NO4. The zero-order valence-corrected chi connectivity index (χ0v) is 16.7. The highest BCUT2D eigenvalue weighted by Gasteiger charge is 2.39. The van der Waals surface area contributed by atoms with Crippen LogP contribution in [0.2, 0.25) is 0 Å². The van der Waals surface area contributed by atoms with Crippen molar-refractivity contribution in [1.82, 2.24) is 4.90 Å². The second-order valence-electron chi connectivity index (χ2n) is 7.23. The molecule has 2 heterocycles. The number of rotatable bonds is 4. The average molecular weight is 369 g/mol. The van der Waals surface area contributed by atoms with Gasteiger partial charge in [-0.15, -0.1) is 0 Å². The van der Waals surface area contributed by atoms with Gasteiger partial charge in [0.15, 0.2) is 23.0 Å². The van der Waals surface area contributed by atoms with E-state index in [2.05, 4.69) is 30.0 Å². The smallest absolute Gasteiger partial charge is 0.165 e. The highest BCUT2D eigenvalue weighted by atomic mass is 16.5. The fourth-order valence-electron chi connectivity index (χ4n) is 4.76. The van der Waals surface area contributed by atoms with Gasteiger partial charge >= 0.3 is 0 Å². The number of nitrogens with zero attached hydrogens (tertiary/aromatic N) is 1. The minimum Gasteiger partial charge on any atom is -0.493 e. The molecule has 2 aromatic rings. The zero-order chi connectivity index (χ0) is 19.1. The quantitative estimate of drug-likeness (QED) is 0.816. The van der Waals surface area contributed by atoms with E-state index in [-0.39, 0.29) is 0 Å². The van der Waals surface area contributed by atoms with E-state index in [4.69, 9.17) is 18.9 Å². The second-order valence-corrected chi connectivity index (χ2v) is 7.23. The summed E-state index contributed by atoms with van der Waals surface area (Å²) in [6.07, 6.45) is 1.00. The second kappa shape index (κ2) is 6.97. The van der Waals surface area contributed by atoms with E-state index in [0.717, 1.165) is 42.5 Å². The molecule has 0 aliphatic carbocycles. The molecular weight excluding hydrogens is 342 g/mol. The highest BCUT2D eigenvalue weighted by molar-refractivity contribution is 5.56. The van der Waals surface area contributed by atoms with E-state index in [1.165, 1.54) is 22.3 Å². The van der Waals surface area contributed by atoms with E-state index >= 15 is 0 Å². The van der Waals surface area contributed by atoms with Gasteiger partial charge in [0.05, 0.1) is 28.4 Å². The predicted molar refractivity (Wildman–Crippen MR) is 104 cm³/mol. The van der Waals surface area contributed by atoms with Crippen LogP contribution in [0.25, 0.3) is 0 Å². The van der Waals surface area contributed by atoms with Crippen molar-refractivity contribution in [3.63, 3.8) is 0 Å². The molecule has 2 unspecified atom stereocenters. The van der Waals surface area contributed by atoms with Crippen molar-refractivity contribution >= 4 is 0 Å². The molecule has 0 saturated carbocycles. The van der Waals surface area contributed by atoms with E-state index in [1.54, 1.807) is 28.4 Å². The van der Waals surface area contributed by atoms with Gasteiger partial charge < -0.3 is 18.9 Å². The van der Waals surface area contributed by atoms with Crippen molar-refractivity contribution < 1.29 is 18.9 Å². The third-order valence-electron chi connectivity index (χ3n) is 6.04. The van der Waals surface area contributed by atoms with Crippen molar-refractivity contribution in [1.29, 1.82) is 0 Å². The van der Waals surface area contributed by atoms with Gasteiger partial charge in [-0.25, -0.2) is 0 Å². The van der Waals surface area contributed by atoms with Gasteiger partial charge in [0.2, 0.25) is 0 Å². The van der Waals surface area contributed by atoms with Crippen molar-refractivity contribution in [2.75, 3.05) is 35.0 Å². The Labute approximate surface area is 160 Å². The summed E-state index contributed by atoms with van der Waals surface area (Å²) in [5, 5.41) is 0. The maximum absolute atomic E-state index is 5.71. The maximum atomic E-state index is 5.71. The van der Waals surface area contributed by atoms with Crippen LogP contribution in [-0.4, -0.2) is 39.9 Å². The van der Waals surface area contributed by atoms with E-state index in [0.29, 0.717) is 12.0 Å². The summed E-state index contributed by atoms with van der Waals surface area (Å²) in [5.41, 5.74) is 5.26. The van der Waals surface area contributed by atoms with Crippen LogP contribution in [0.1, 0.15) is 41.1 Å². The van der Waals surface area contributed by atoms with Crippen molar-refractivity contribution in [3.05, 3.63) is 46.5 Å². The number of fused-ring (bicyclic) bond motifs is 4. The molecule has 5 heteroatoms. The van der Waals surface area contributed by atoms with Crippen LogP contribution in [-0.2, 0) is 13.0 Å². The molecule has 2 aromatic carbocycles. The molecule has 4 rings (SSSR count). The summed E-state index contributed by atoms with van der Waals surface area (Å²) < 4.78 is 22.3. The first-order valence-corrected chi connectivity index (χ1v) is 9.35. The summed E-state index contributed by atoms with van der Waals surface area (Å²) in [4.78, 5) is 2.54. The van der Waals surface area contributed by atoms with Crippen LogP contribution < -0.4 is 18.9 Å². The van der Waals surface area contributed by atoms with E-state index in [9.17, 15) is 0 Å².